The largest absolute Gasteiger partial charge is 0.459 e. The van der Waals surface area contributed by atoms with Crippen LogP contribution in [0, 0.1) is 5.92 Å². The van der Waals surface area contributed by atoms with E-state index in [9.17, 15) is 0 Å². The first-order valence-corrected chi connectivity index (χ1v) is 8.52. The monoisotopic (exact) mass is 323 g/mol. The minimum atomic E-state index is 0.434. The number of furan rings is 1. The van der Waals surface area contributed by atoms with Crippen molar-refractivity contribution < 1.29 is 8.83 Å². The Kier molecular flexibility index (Phi) is 4.42. The van der Waals surface area contributed by atoms with Crippen molar-refractivity contribution in [3.05, 3.63) is 60.2 Å². The van der Waals surface area contributed by atoms with E-state index < -0.39 is 0 Å². The molecule has 0 unspecified atom stereocenters. The Morgan fingerprint density at radius 3 is 2.79 bits per heavy atom. The van der Waals surface area contributed by atoms with Crippen molar-refractivity contribution in [2.45, 2.75) is 38.3 Å². The lowest BCUT2D eigenvalue weighted by Gasteiger charge is -2.20. The first-order chi connectivity index (χ1) is 11.9. The zero-order valence-corrected chi connectivity index (χ0v) is 13.5. The maximum atomic E-state index is 5.66. The molecule has 2 atom stereocenters. The third-order valence-electron chi connectivity index (χ3n) is 4.71. The molecule has 1 aromatic carbocycles. The van der Waals surface area contributed by atoms with Crippen molar-refractivity contribution in [3.63, 3.8) is 0 Å². The van der Waals surface area contributed by atoms with Gasteiger partial charge in [0.1, 0.15) is 0 Å². The van der Waals surface area contributed by atoms with Gasteiger partial charge in [-0.05, 0) is 42.9 Å². The fourth-order valence-corrected chi connectivity index (χ4v) is 3.51. The van der Waals surface area contributed by atoms with E-state index in [1.807, 2.05) is 12.1 Å². The van der Waals surface area contributed by atoms with Crippen LogP contribution in [0.1, 0.15) is 30.7 Å². The number of rotatable bonds is 6. The highest BCUT2D eigenvalue weighted by Crippen LogP contribution is 2.29. The van der Waals surface area contributed by atoms with Crippen molar-refractivity contribution in [2.24, 2.45) is 5.92 Å². The molecular weight excluding hydrogens is 302 g/mol. The third kappa shape index (κ3) is 3.41. The maximum Gasteiger partial charge on any atom is 0.283 e. The lowest BCUT2D eigenvalue weighted by Crippen LogP contribution is -2.33. The minimum absolute atomic E-state index is 0.434. The molecule has 24 heavy (non-hydrogen) atoms. The summed E-state index contributed by atoms with van der Waals surface area (Å²) in [7, 11) is 0. The average Bonchev–Trinajstić information content (AvgIpc) is 3.36. The first kappa shape index (κ1) is 15.1. The van der Waals surface area contributed by atoms with Crippen molar-refractivity contribution in [1.29, 1.82) is 0 Å². The van der Waals surface area contributed by atoms with Crippen LogP contribution in [0.4, 0.5) is 0 Å². The smallest absolute Gasteiger partial charge is 0.283 e. The SMILES string of the molecule is c1ccc(C[C@@H]2CCC[C@H]2NCc2nnc(-c3ccco3)o2)cc1. The summed E-state index contributed by atoms with van der Waals surface area (Å²) in [6, 6.07) is 14.8. The van der Waals surface area contributed by atoms with Crippen LogP contribution in [0.2, 0.25) is 0 Å². The molecule has 0 bridgehead atoms. The summed E-state index contributed by atoms with van der Waals surface area (Å²) < 4.78 is 10.9. The molecule has 0 saturated heterocycles. The summed E-state index contributed by atoms with van der Waals surface area (Å²) in [5.41, 5.74) is 1.41. The molecule has 3 aromatic rings. The summed E-state index contributed by atoms with van der Waals surface area (Å²) in [4.78, 5) is 0. The Morgan fingerprint density at radius 1 is 1.04 bits per heavy atom. The lowest BCUT2D eigenvalue weighted by molar-refractivity contribution is 0.370. The molecule has 0 spiro atoms. The third-order valence-corrected chi connectivity index (χ3v) is 4.71. The highest BCUT2D eigenvalue weighted by atomic mass is 16.4. The molecule has 124 valence electrons. The summed E-state index contributed by atoms with van der Waals surface area (Å²) >= 11 is 0. The van der Waals surface area contributed by atoms with E-state index in [1.165, 1.54) is 24.8 Å². The second-order valence-electron chi connectivity index (χ2n) is 6.35. The highest BCUT2D eigenvalue weighted by Gasteiger charge is 2.27. The minimum Gasteiger partial charge on any atom is -0.459 e. The number of nitrogens with zero attached hydrogens (tertiary/aromatic N) is 2. The Hall–Kier alpha value is -2.40. The Labute approximate surface area is 141 Å². The molecule has 2 heterocycles. The lowest BCUT2D eigenvalue weighted by atomic mass is 9.94. The quantitative estimate of drug-likeness (QED) is 0.747. The van der Waals surface area contributed by atoms with Crippen LogP contribution in [-0.4, -0.2) is 16.2 Å². The Bertz CT molecular complexity index is 752. The van der Waals surface area contributed by atoms with Crippen LogP contribution in [0.3, 0.4) is 0 Å². The van der Waals surface area contributed by atoms with Gasteiger partial charge in [-0.2, -0.15) is 0 Å². The van der Waals surface area contributed by atoms with Gasteiger partial charge in [-0.25, -0.2) is 0 Å². The van der Waals surface area contributed by atoms with Crippen LogP contribution < -0.4 is 5.32 Å². The van der Waals surface area contributed by atoms with Crippen molar-refractivity contribution >= 4 is 0 Å². The summed E-state index contributed by atoms with van der Waals surface area (Å²) in [6.07, 6.45) is 6.48. The van der Waals surface area contributed by atoms with E-state index in [0.717, 1.165) is 6.42 Å². The Balaban J connectivity index is 1.35. The molecule has 2 aromatic heterocycles. The van der Waals surface area contributed by atoms with Crippen molar-refractivity contribution in [1.82, 2.24) is 15.5 Å². The van der Waals surface area contributed by atoms with Crippen LogP contribution in [0.25, 0.3) is 11.7 Å². The number of benzene rings is 1. The predicted octanol–water partition coefficient (Wildman–Crippen LogP) is 3.83. The molecule has 4 rings (SSSR count). The molecule has 1 aliphatic carbocycles. The van der Waals surface area contributed by atoms with Crippen LogP contribution in [0.15, 0.2) is 57.6 Å². The number of nitrogens with one attached hydrogen (secondary N) is 1. The summed E-state index contributed by atoms with van der Waals surface area (Å²) in [5, 5.41) is 11.7. The van der Waals surface area contributed by atoms with Crippen molar-refractivity contribution in [3.8, 4) is 11.7 Å². The average molecular weight is 323 g/mol. The van der Waals surface area contributed by atoms with Gasteiger partial charge in [0.25, 0.3) is 5.89 Å². The van der Waals surface area contributed by atoms with Gasteiger partial charge in [0.15, 0.2) is 5.76 Å². The number of hydrogen-bond donors (Lipinski definition) is 1. The second kappa shape index (κ2) is 7.01. The first-order valence-electron chi connectivity index (χ1n) is 8.52. The van der Waals surface area contributed by atoms with Gasteiger partial charge in [0.2, 0.25) is 5.89 Å². The van der Waals surface area contributed by atoms with Gasteiger partial charge >= 0.3 is 0 Å². The van der Waals surface area contributed by atoms with E-state index in [4.69, 9.17) is 8.83 Å². The van der Waals surface area contributed by atoms with E-state index in [2.05, 4.69) is 45.8 Å². The molecule has 5 nitrogen and oxygen atoms in total. The normalized spacial score (nSPS) is 20.5. The van der Waals surface area contributed by atoms with Crippen molar-refractivity contribution in [2.75, 3.05) is 0 Å². The van der Waals surface area contributed by atoms with E-state index in [0.29, 0.717) is 36.0 Å². The molecule has 0 aliphatic heterocycles. The predicted molar refractivity (Wildman–Crippen MR) is 90.1 cm³/mol. The zero-order chi connectivity index (χ0) is 16.2. The van der Waals surface area contributed by atoms with Crippen LogP contribution in [0.5, 0.6) is 0 Å². The highest BCUT2D eigenvalue weighted by molar-refractivity contribution is 5.42. The summed E-state index contributed by atoms with van der Waals surface area (Å²) in [5.74, 6) is 2.31. The summed E-state index contributed by atoms with van der Waals surface area (Å²) in [6.45, 7) is 0.601. The van der Waals surface area contributed by atoms with Gasteiger partial charge in [-0.3, -0.25) is 0 Å². The standard InChI is InChI=1S/C19H21N3O2/c1-2-6-14(7-3-1)12-15-8-4-9-16(15)20-13-18-21-22-19(24-18)17-10-5-11-23-17/h1-3,5-7,10-11,15-16,20H,4,8-9,12-13H2/t15-,16+/m0/s1. The fourth-order valence-electron chi connectivity index (χ4n) is 3.51. The second-order valence-corrected chi connectivity index (χ2v) is 6.35. The van der Waals surface area contributed by atoms with Crippen LogP contribution >= 0.6 is 0 Å². The topological polar surface area (TPSA) is 64.1 Å². The molecule has 0 radical (unpaired) electrons. The van der Waals surface area contributed by atoms with Gasteiger partial charge in [-0.1, -0.05) is 36.8 Å². The molecule has 1 fully saturated rings. The molecule has 5 heteroatoms. The maximum absolute atomic E-state index is 5.66. The van der Waals surface area contributed by atoms with Gasteiger partial charge in [0, 0.05) is 6.04 Å². The van der Waals surface area contributed by atoms with E-state index >= 15 is 0 Å². The molecule has 0 amide bonds. The Morgan fingerprint density at radius 2 is 1.96 bits per heavy atom. The number of hydrogen-bond acceptors (Lipinski definition) is 5. The van der Waals surface area contributed by atoms with E-state index in [-0.39, 0.29) is 0 Å². The van der Waals surface area contributed by atoms with Crippen LogP contribution in [-0.2, 0) is 13.0 Å². The fraction of sp³-hybridized carbons (Fsp3) is 0.368. The molecule has 1 saturated carbocycles. The molecule has 1 aliphatic rings. The molecule has 1 N–H and O–H groups in total. The number of aromatic nitrogens is 2. The van der Waals surface area contributed by atoms with Gasteiger partial charge in [-0.15, -0.1) is 10.2 Å². The van der Waals surface area contributed by atoms with Gasteiger partial charge < -0.3 is 14.2 Å². The van der Waals surface area contributed by atoms with Gasteiger partial charge in [0.05, 0.1) is 12.8 Å². The molecular formula is C19H21N3O2. The zero-order valence-electron chi connectivity index (χ0n) is 13.5. The van der Waals surface area contributed by atoms with E-state index in [1.54, 1.807) is 6.26 Å².